The molecule has 0 saturated heterocycles. The fourth-order valence-corrected chi connectivity index (χ4v) is 3.47. The maximum atomic E-state index is 11.7. The van der Waals surface area contributed by atoms with Gasteiger partial charge < -0.3 is 9.30 Å². The molecule has 0 radical (unpaired) electrons. The molecule has 0 aliphatic rings. The summed E-state index contributed by atoms with van der Waals surface area (Å²) in [5.41, 5.74) is 7.32. The molecule has 4 heteroatoms. The molecule has 4 aromatic rings. The average Bonchev–Trinajstić information content (AvgIpc) is 3.09. The van der Waals surface area contributed by atoms with Crippen molar-refractivity contribution in [3.63, 3.8) is 0 Å². The number of carbonyl (C=O) groups excluding carboxylic acids is 1. The fourth-order valence-electron chi connectivity index (χ4n) is 3.47. The van der Waals surface area contributed by atoms with E-state index in [4.69, 9.17) is 9.72 Å². The first-order valence-electron chi connectivity index (χ1n) is 9.93. The van der Waals surface area contributed by atoms with Crippen LogP contribution in [0.3, 0.4) is 0 Å². The zero-order chi connectivity index (χ0) is 21.1. The Morgan fingerprint density at radius 1 is 0.967 bits per heavy atom. The topological polar surface area (TPSA) is 44.1 Å². The summed E-state index contributed by atoms with van der Waals surface area (Å²) in [5, 5.41) is 0. The van der Waals surface area contributed by atoms with Crippen LogP contribution < -0.4 is 0 Å². The minimum atomic E-state index is -0.327. The molecule has 0 aliphatic heterocycles. The van der Waals surface area contributed by atoms with Gasteiger partial charge in [-0.3, -0.25) is 0 Å². The van der Waals surface area contributed by atoms with E-state index < -0.39 is 0 Å². The third-order valence-electron chi connectivity index (χ3n) is 5.33. The molecule has 0 fully saturated rings. The van der Waals surface area contributed by atoms with E-state index in [-0.39, 0.29) is 5.97 Å². The summed E-state index contributed by atoms with van der Waals surface area (Å²) in [7, 11) is 1.39. The van der Waals surface area contributed by atoms with Gasteiger partial charge in [0.1, 0.15) is 5.82 Å². The maximum absolute atomic E-state index is 11.7. The van der Waals surface area contributed by atoms with Crippen LogP contribution in [-0.4, -0.2) is 22.6 Å². The summed E-state index contributed by atoms with van der Waals surface area (Å²) in [6.45, 7) is 4.89. The van der Waals surface area contributed by atoms with Crippen LogP contribution in [0.4, 0.5) is 0 Å². The fraction of sp³-hybridized carbons (Fsp3) is 0.154. The van der Waals surface area contributed by atoms with Crippen LogP contribution >= 0.6 is 0 Å². The standard InChI is InChI=1S/C26H24N2O2/c1-18-15-23-24(16-19(18)2)28(17-21-9-12-22(13-10-21)26(29)30-3)25(27-23)14-11-20-7-5-4-6-8-20/h4-16H,17H2,1-3H3/b14-11+. The zero-order valence-corrected chi connectivity index (χ0v) is 17.4. The number of carbonyl (C=O) groups is 1. The van der Waals surface area contributed by atoms with Crippen LogP contribution in [0.5, 0.6) is 0 Å². The van der Waals surface area contributed by atoms with E-state index in [1.807, 2.05) is 30.3 Å². The first-order valence-corrected chi connectivity index (χ1v) is 9.93. The second-order valence-electron chi connectivity index (χ2n) is 7.41. The van der Waals surface area contributed by atoms with Gasteiger partial charge in [-0.2, -0.15) is 0 Å². The normalized spacial score (nSPS) is 11.3. The van der Waals surface area contributed by atoms with Crippen LogP contribution in [0.2, 0.25) is 0 Å². The summed E-state index contributed by atoms with van der Waals surface area (Å²) < 4.78 is 7.01. The molecule has 3 aromatic carbocycles. The quantitative estimate of drug-likeness (QED) is 0.409. The minimum absolute atomic E-state index is 0.327. The number of aryl methyl sites for hydroxylation is 2. The van der Waals surface area contributed by atoms with Gasteiger partial charge in [-0.05, 0) is 66.4 Å². The molecule has 0 spiro atoms. The minimum Gasteiger partial charge on any atom is -0.465 e. The molecule has 150 valence electrons. The number of ether oxygens (including phenoxy) is 1. The molecule has 0 bridgehead atoms. The number of hydrogen-bond donors (Lipinski definition) is 0. The van der Waals surface area contributed by atoms with E-state index in [1.54, 1.807) is 12.1 Å². The number of esters is 1. The monoisotopic (exact) mass is 396 g/mol. The lowest BCUT2D eigenvalue weighted by Crippen LogP contribution is -2.04. The van der Waals surface area contributed by atoms with Crippen molar-refractivity contribution >= 4 is 29.2 Å². The molecule has 1 heterocycles. The molecule has 1 aromatic heterocycles. The van der Waals surface area contributed by atoms with Crippen molar-refractivity contribution in [1.82, 2.24) is 9.55 Å². The smallest absolute Gasteiger partial charge is 0.337 e. The summed E-state index contributed by atoms with van der Waals surface area (Å²) >= 11 is 0. The van der Waals surface area contributed by atoms with Crippen LogP contribution in [0.1, 0.15) is 38.4 Å². The van der Waals surface area contributed by atoms with Gasteiger partial charge in [0.15, 0.2) is 0 Å². The lowest BCUT2D eigenvalue weighted by Gasteiger charge is -2.09. The SMILES string of the molecule is COC(=O)c1ccc(Cn2c(/C=C/c3ccccc3)nc3cc(C)c(C)cc32)cc1. The van der Waals surface area contributed by atoms with Crippen molar-refractivity contribution in [3.05, 3.63) is 100 Å². The molecule has 0 aliphatic carbocycles. The van der Waals surface area contributed by atoms with E-state index in [1.165, 1.54) is 18.2 Å². The molecule has 4 rings (SSSR count). The van der Waals surface area contributed by atoms with Crippen molar-refractivity contribution in [2.45, 2.75) is 20.4 Å². The van der Waals surface area contributed by atoms with Gasteiger partial charge in [-0.25, -0.2) is 9.78 Å². The van der Waals surface area contributed by atoms with E-state index >= 15 is 0 Å². The Morgan fingerprint density at radius 2 is 1.67 bits per heavy atom. The number of benzene rings is 3. The van der Waals surface area contributed by atoms with Crippen LogP contribution in [-0.2, 0) is 11.3 Å². The number of aromatic nitrogens is 2. The molecule has 0 unspecified atom stereocenters. The molecule has 0 saturated carbocycles. The van der Waals surface area contributed by atoms with E-state index in [0.717, 1.165) is 28.0 Å². The third-order valence-corrected chi connectivity index (χ3v) is 5.33. The van der Waals surface area contributed by atoms with Gasteiger partial charge in [-0.15, -0.1) is 0 Å². The van der Waals surface area contributed by atoms with Crippen molar-refractivity contribution in [1.29, 1.82) is 0 Å². The van der Waals surface area contributed by atoms with Gasteiger partial charge in [-0.1, -0.05) is 48.5 Å². The molecule has 0 N–H and O–H groups in total. The van der Waals surface area contributed by atoms with E-state index in [2.05, 4.69) is 54.8 Å². The number of rotatable bonds is 5. The second-order valence-corrected chi connectivity index (χ2v) is 7.41. The highest BCUT2D eigenvalue weighted by molar-refractivity contribution is 5.89. The third kappa shape index (κ3) is 4.03. The molecule has 30 heavy (non-hydrogen) atoms. The highest BCUT2D eigenvalue weighted by atomic mass is 16.5. The Bertz CT molecular complexity index is 1220. The van der Waals surface area contributed by atoms with Crippen molar-refractivity contribution in [2.75, 3.05) is 7.11 Å². The van der Waals surface area contributed by atoms with Gasteiger partial charge in [0.2, 0.25) is 0 Å². The zero-order valence-electron chi connectivity index (χ0n) is 17.4. The van der Waals surface area contributed by atoms with Crippen LogP contribution in [0.25, 0.3) is 23.2 Å². The molecular formula is C26H24N2O2. The second kappa shape index (κ2) is 8.37. The predicted molar refractivity (Wildman–Crippen MR) is 121 cm³/mol. The van der Waals surface area contributed by atoms with E-state index in [0.29, 0.717) is 12.1 Å². The Hall–Kier alpha value is -3.66. The summed E-state index contributed by atoms with van der Waals surface area (Å²) in [5.74, 6) is 0.572. The lowest BCUT2D eigenvalue weighted by molar-refractivity contribution is 0.0600. The Balaban J connectivity index is 1.75. The molecule has 4 nitrogen and oxygen atoms in total. The highest BCUT2D eigenvalue weighted by Crippen LogP contribution is 2.23. The lowest BCUT2D eigenvalue weighted by atomic mass is 10.1. The molecule has 0 amide bonds. The van der Waals surface area contributed by atoms with Crippen LogP contribution in [0.15, 0.2) is 66.7 Å². The van der Waals surface area contributed by atoms with Crippen molar-refractivity contribution in [3.8, 4) is 0 Å². The Labute approximate surface area is 176 Å². The number of imidazole rings is 1. The first-order chi connectivity index (χ1) is 14.5. The summed E-state index contributed by atoms with van der Waals surface area (Å²) in [4.78, 5) is 16.6. The van der Waals surface area contributed by atoms with Gasteiger partial charge >= 0.3 is 5.97 Å². The molecule has 0 atom stereocenters. The first kappa shape index (κ1) is 19.6. The number of fused-ring (bicyclic) bond motifs is 1. The maximum Gasteiger partial charge on any atom is 0.337 e. The van der Waals surface area contributed by atoms with Gasteiger partial charge in [0.05, 0.1) is 23.7 Å². The Kier molecular flexibility index (Phi) is 5.48. The number of methoxy groups -OCH3 is 1. The predicted octanol–water partition coefficient (Wildman–Crippen LogP) is 5.66. The van der Waals surface area contributed by atoms with Crippen molar-refractivity contribution in [2.24, 2.45) is 0 Å². The van der Waals surface area contributed by atoms with Gasteiger partial charge in [0.25, 0.3) is 0 Å². The summed E-state index contributed by atoms with van der Waals surface area (Å²) in [6, 6.07) is 22.1. The number of nitrogens with zero attached hydrogens (tertiary/aromatic N) is 2. The van der Waals surface area contributed by atoms with Crippen molar-refractivity contribution < 1.29 is 9.53 Å². The molecular weight excluding hydrogens is 372 g/mol. The number of hydrogen-bond acceptors (Lipinski definition) is 3. The van der Waals surface area contributed by atoms with Gasteiger partial charge in [0, 0.05) is 6.54 Å². The average molecular weight is 396 g/mol. The van der Waals surface area contributed by atoms with Crippen LogP contribution in [0, 0.1) is 13.8 Å². The Morgan fingerprint density at radius 3 is 2.37 bits per heavy atom. The van der Waals surface area contributed by atoms with E-state index in [9.17, 15) is 4.79 Å². The highest BCUT2D eigenvalue weighted by Gasteiger charge is 2.12. The largest absolute Gasteiger partial charge is 0.465 e. The summed E-state index contributed by atoms with van der Waals surface area (Å²) in [6.07, 6.45) is 4.14.